The molecule has 0 bridgehead atoms. The molecule has 1 atom stereocenters. The van der Waals surface area contributed by atoms with E-state index in [1.807, 2.05) is 4.90 Å². The number of aliphatic hydroxyl groups is 1. The first kappa shape index (κ1) is 13.6. The van der Waals surface area contributed by atoms with Crippen LogP contribution in [0, 0.1) is 11.8 Å². The number of carbonyl (C=O) groups is 1. The summed E-state index contributed by atoms with van der Waals surface area (Å²) in [7, 11) is 0. The Bertz CT molecular complexity index is 516. The summed E-state index contributed by atoms with van der Waals surface area (Å²) < 4.78 is 0. The maximum Gasteiger partial charge on any atom is 0.273 e. The summed E-state index contributed by atoms with van der Waals surface area (Å²) in [6, 6.07) is 3.84. The van der Waals surface area contributed by atoms with Crippen LogP contribution < -0.4 is 0 Å². The average Bonchev–Trinajstić information content (AvgIpc) is 2.85. The van der Waals surface area contributed by atoms with Gasteiger partial charge in [-0.3, -0.25) is 4.79 Å². The van der Waals surface area contributed by atoms with Crippen LogP contribution in [0.3, 0.4) is 0 Å². The largest absolute Gasteiger partial charge is 0.395 e. The standard InChI is InChI=1S/C15H18N2O2/c1-12-6-5-10-17(12)15(19)14-13(7-2-3-11-18)8-4-9-16-14/h4,8-9,12,18H,3,5-6,10-11H2,1H3. The van der Waals surface area contributed by atoms with Gasteiger partial charge in [-0.2, -0.15) is 0 Å². The Hall–Kier alpha value is -1.86. The average molecular weight is 258 g/mol. The summed E-state index contributed by atoms with van der Waals surface area (Å²) in [4.78, 5) is 18.5. The van der Waals surface area contributed by atoms with Crippen LogP contribution in [0.1, 0.15) is 42.2 Å². The second-order valence-electron chi connectivity index (χ2n) is 4.66. The van der Waals surface area contributed by atoms with Gasteiger partial charge in [0.1, 0.15) is 5.69 Å². The van der Waals surface area contributed by atoms with E-state index < -0.39 is 0 Å². The van der Waals surface area contributed by atoms with E-state index in [2.05, 4.69) is 23.7 Å². The van der Waals surface area contributed by atoms with E-state index in [0.29, 0.717) is 17.7 Å². The fraction of sp³-hybridized carbons (Fsp3) is 0.467. The lowest BCUT2D eigenvalue weighted by atomic mass is 10.1. The van der Waals surface area contributed by atoms with Gasteiger partial charge in [-0.1, -0.05) is 11.8 Å². The molecule has 100 valence electrons. The summed E-state index contributed by atoms with van der Waals surface area (Å²) >= 11 is 0. The van der Waals surface area contributed by atoms with Crippen molar-refractivity contribution in [2.45, 2.75) is 32.2 Å². The molecule has 1 aromatic rings. The molecule has 0 aliphatic carbocycles. The summed E-state index contributed by atoms with van der Waals surface area (Å²) in [5, 5.41) is 8.74. The highest BCUT2D eigenvalue weighted by Crippen LogP contribution is 2.19. The molecule has 0 radical (unpaired) electrons. The molecule has 0 spiro atoms. The summed E-state index contributed by atoms with van der Waals surface area (Å²) in [5.74, 6) is 5.71. The molecule has 1 saturated heterocycles. The zero-order valence-electron chi connectivity index (χ0n) is 11.1. The van der Waals surface area contributed by atoms with Crippen LogP contribution in [0.25, 0.3) is 0 Å². The second kappa shape index (κ2) is 6.35. The SMILES string of the molecule is CC1CCCN1C(=O)c1ncccc1C#CCCO. The first-order valence-electron chi connectivity index (χ1n) is 6.59. The molecule has 1 unspecified atom stereocenters. The maximum absolute atomic E-state index is 12.5. The lowest BCUT2D eigenvalue weighted by molar-refractivity contribution is 0.0741. The van der Waals surface area contributed by atoms with Crippen molar-refractivity contribution in [1.82, 2.24) is 9.88 Å². The molecule has 2 heterocycles. The van der Waals surface area contributed by atoms with Crippen LogP contribution in [0.15, 0.2) is 18.3 Å². The highest BCUT2D eigenvalue weighted by molar-refractivity contribution is 5.95. The van der Waals surface area contributed by atoms with Gasteiger partial charge in [-0.25, -0.2) is 4.98 Å². The van der Waals surface area contributed by atoms with E-state index in [1.165, 1.54) is 0 Å². The van der Waals surface area contributed by atoms with E-state index in [4.69, 9.17) is 5.11 Å². The van der Waals surface area contributed by atoms with Crippen molar-refractivity contribution in [3.05, 3.63) is 29.6 Å². The highest BCUT2D eigenvalue weighted by Gasteiger charge is 2.27. The van der Waals surface area contributed by atoms with Gasteiger partial charge in [0.25, 0.3) is 5.91 Å². The molecule has 1 aliphatic rings. The molecule has 4 nitrogen and oxygen atoms in total. The molecule has 0 aromatic carbocycles. The van der Waals surface area contributed by atoms with Crippen LogP contribution in [-0.4, -0.2) is 40.1 Å². The maximum atomic E-state index is 12.5. The summed E-state index contributed by atoms with van der Waals surface area (Å²) in [6.45, 7) is 2.88. The van der Waals surface area contributed by atoms with Gasteiger partial charge < -0.3 is 10.0 Å². The molecule has 1 fully saturated rings. The number of pyridine rings is 1. The van der Waals surface area contributed by atoms with Crippen molar-refractivity contribution in [1.29, 1.82) is 0 Å². The quantitative estimate of drug-likeness (QED) is 0.817. The van der Waals surface area contributed by atoms with Crippen molar-refractivity contribution in [3.63, 3.8) is 0 Å². The Morgan fingerprint density at radius 3 is 3.16 bits per heavy atom. The van der Waals surface area contributed by atoms with Crippen molar-refractivity contribution < 1.29 is 9.90 Å². The molecule has 1 amide bonds. The van der Waals surface area contributed by atoms with Gasteiger partial charge in [0, 0.05) is 25.2 Å². The normalized spacial score (nSPS) is 18.0. The second-order valence-corrected chi connectivity index (χ2v) is 4.66. The molecular weight excluding hydrogens is 240 g/mol. The van der Waals surface area contributed by atoms with Crippen LogP contribution in [0.2, 0.25) is 0 Å². The minimum atomic E-state index is -0.0427. The van der Waals surface area contributed by atoms with E-state index in [-0.39, 0.29) is 18.6 Å². The molecule has 1 aliphatic heterocycles. The molecule has 2 rings (SSSR count). The fourth-order valence-corrected chi connectivity index (χ4v) is 2.26. The van der Waals surface area contributed by atoms with Crippen LogP contribution in [0.5, 0.6) is 0 Å². The smallest absolute Gasteiger partial charge is 0.273 e. The number of nitrogens with zero attached hydrogens (tertiary/aromatic N) is 2. The zero-order valence-corrected chi connectivity index (χ0v) is 11.1. The lowest BCUT2D eigenvalue weighted by Crippen LogP contribution is -2.34. The molecule has 1 N–H and O–H groups in total. The number of aromatic nitrogens is 1. The number of hydrogen-bond donors (Lipinski definition) is 1. The predicted molar refractivity (Wildman–Crippen MR) is 72.6 cm³/mol. The van der Waals surface area contributed by atoms with Gasteiger partial charge >= 0.3 is 0 Å². The van der Waals surface area contributed by atoms with Crippen LogP contribution in [-0.2, 0) is 0 Å². The summed E-state index contributed by atoms with van der Waals surface area (Å²) in [6.07, 6.45) is 4.11. The Morgan fingerprint density at radius 1 is 1.63 bits per heavy atom. The first-order valence-corrected chi connectivity index (χ1v) is 6.59. The minimum absolute atomic E-state index is 0.0275. The third-order valence-corrected chi connectivity index (χ3v) is 3.28. The fourth-order valence-electron chi connectivity index (χ4n) is 2.26. The van der Waals surface area contributed by atoms with Crippen LogP contribution in [0.4, 0.5) is 0 Å². The number of carbonyl (C=O) groups excluding carboxylic acids is 1. The highest BCUT2D eigenvalue weighted by atomic mass is 16.2. The van der Waals surface area contributed by atoms with Crippen molar-refractivity contribution in [2.24, 2.45) is 0 Å². The topological polar surface area (TPSA) is 53.4 Å². The Kier molecular flexibility index (Phi) is 4.53. The zero-order chi connectivity index (χ0) is 13.7. The molecule has 4 heteroatoms. The Labute approximate surface area is 113 Å². The number of amides is 1. The number of likely N-dealkylation sites (tertiary alicyclic amines) is 1. The van der Waals surface area contributed by atoms with Crippen molar-refractivity contribution in [2.75, 3.05) is 13.2 Å². The molecular formula is C15H18N2O2. The van der Waals surface area contributed by atoms with E-state index in [9.17, 15) is 4.79 Å². The van der Waals surface area contributed by atoms with Gasteiger partial charge in [0.15, 0.2) is 0 Å². The van der Waals surface area contributed by atoms with E-state index >= 15 is 0 Å². The monoisotopic (exact) mass is 258 g/mol. The third-order valence-electron chi connectivity index (χ3n) is 3.28. The van der Waals surface area contributed by atoms with Crippen molar-refractivity contribution >= 4 is 5.91 Å². The number of aliphatic hydroxyl groups excluding tert-OH is 1. The van der Waals surface area contributed by atoms with Gasteiger partial charge in [-0.15, -0.1) is 0 Å². The Morgan fingerprint density at radius 2 is 2.47 bits per heavy atom. The van der Waals surface area contributed by atoms with Gasteiger partial charge in [-0.05, 0) is 31.9 Å². The van der Waals surface area contributed by atoms with Gasteiger partial charge in [0.05, 0.1) is 12.2 Å². The van der Waals surface area contributed by atoms with E-state index in [1.54, 1.807) is 18.3 Å². The van der Waals surface area contributed by atoms with E-state index in [0.717, 1.165) is 19.4 Å². The minimum Gasteiger partial charge on any atom is -0.395 e. The molecule has 0 saturated carbocycles. The Balaban J connectivity index is 2.24. The van der Waals surface area contributed by atoms with Gasteiger partial charge in [0.2, 0.25) is 0 Å². The molecule has 19 heavy (non-hydrogen) atoms. The van der Waals surface area contributed by atoms with Crippen LogP contribution >= 0.6 is 0 Å². The summed E-state index contributed by atoms with van der Waals surface area (Å²) in [5.41, 5.74) is 1.06. The number of hydrogen-bond acceptors (Lipinski definition) is 3. The lowest BCUT2D eigenvalue weighted by Gasteiger charge is -2.21. The van der Waals surface area contributed by atoms with Crippen molar-refractivity contribution in [3.8, 4) is 11.8 Å². The first-order chi connectivity index (χ1) is 9.24. The predicted octanol–water partition coefficient (Wildman–Crippen LogP) is 1.44. The number of rotatable bonds is 2. The molecule has 1 aromatic heterocycles. The third kappa shape index (κ3) is 3.12.